The fraction of sp³-hybridized carbons (Fsp3) is 0.550. The van der Waals surface area contributed by atoms with Gasteiger partial charge < -0.3 is 14.5 Å². The molecule has 0 aliphatic rings. The summed E-state index contributed by atoms with van der Waals surface area (Å²) in [4.78, 5) is 12.2. The van der Waals surface area contributed by atoms with Crippen molar-refractivity contribution in [3.63, 3.8) is 0 Å². The monoisotopic (exact) mass is 423 g/mol. The van der Waals surface area contributed by atoms with Gasteiger partial charge in [-0.15, -0.1) is 5.10 Å². The number of carbonyl (C=O) groups is 1. The summed E-state index contributed by atoms with van der Waals surface area (Å²) >= 11 is 0. The lowest BCUT2D eigenvalue weighted by Gasteiger charge is -2.22. The molecule has 1 amide bonds. The van der Waals surface area contributed by atoms with Crippen LogP contribution in [-0.2, 0) is 20.3 Å². The summed E-state index contributed by atoms with van der Waals surface area (Å²) in [6.45, 7) is 11.0. The van der Waals surface area contributed by atoms with Crippen LogP contribution in [0.1, 0.15) is 64.1 Å². The number of sulfone groups is 1. The molecule has 1 atom stereocenters. The first-order valence-electron chi connectivity index (χ1n) is 9.47. The zero-order valence-electron chi connectivity index (χ0n) is 17.7. The van der Waals surface area contributed by atoms with Crippen molar-refractivity contribution in [3.8, 4) is 0 Å². The highest BCUT2D eigenvalue weighted by molar-refractivity contribution is 7.90. The molecule has 0 aliphatic heterocycles. The van der Waals surface area contributed by atoms with Crippen molar-refractivity contribution < 1.29 is 22.4 Å². The van der Waals surface area contributed by atoms with Crippen LogP contribution in [-0.4, -0.2) is 30.3 Å². The highest BCUT2D eigenvalue weighted by Crippen LogP contribution is 2.24. The highest BCUT2D eigenvalue weighted by Gasteiger charge is 2.29. The Balaban J connectivity index is 2.23. The van der Waals surface area contributed by atoms with Crippen molar-refractivity contribution in [3.05, 3.63) is 41.3 Å². The smallest absolute Gasteiger partial charge is 0.408 e. The van der Waals surface area contributed by atoms with Crippen LogP contribution in [0.3, 0.4) is 0 Å². The van der Waals surface area contributed by atoms with E-state index in [0.717, 1.165) is 5.56 Å². The first-order valence-corrected chi connectivity index (χ1v) is 11.1. The van der Waals surface area contributed by atoms with E-state index in [-0.39, 0.29) is 17.6 Å². The number of alkyl carbamates (subject to hydrolysis) is 1. The first kappa shape index (κ1) is 22.9. The van der Waals surface area contributed by atoms with Gasteiger partial charge in [0.25, 0.3) is 0 Å². The normalized spacial score (nSPS) is 13.3. The molecule has 0 unspecified atom stereocenters. The molecule has 8 nitrogen and oxygen atoms in total. The third-order valence-corrected chi connectivity index (χ3v) is 5.38. The van der Waals surface area contributed by atoms with E-state index in [0.29, 0.717) is 12.0 Å². The lowest BCUT2D eigenvalue weighted by molar-refractivity contribution is 0.0487. The Bertz CT molecular complexity index is 945. The summed E-state index contributed by atoms with van der Waals surface area (Å²) in [6.07, 6.45) is -0.149. The largest absolute Gasteiger partial charge is 0.444 e. The standard InChI is InChI=1S/C20H29N3O5S/c1-13(2)11-16(21-18(24)28-20(4,5)6)17-22-23-19(27-17)29(25,26)12-15-10-8-7-9-14(15)3/h7-10,13,16H,11-12H2,1-6H3,(H,21,24)/t16-/m1/s1. The second-order valence-corrected chi connectivity index (χ2v) is 10.3. The van der Waals surface area contributed by atoms with E-state index in [1.807, 2.05) is 32.9 Å². The van der Waals surface area contributed by atoms with E-state index in [1.54, 1.807) is 32.9 Å². The predicted molar refractivity (Wildman–Crippen MR) is 108 cm³/mol. The predicted octanol–water partition coefficient (Wildman–Crippen LogP) is 3.96. The molecule has 0 radical (unpaired) electrons. The Hall–Kier alpha value is -2.42. The number of rotatable bonds is 7. The van der Waals surface area contributed by atoms with Gasteiger partial charge in [-0.1, -0.05) is 43.2 Å². The molecule has 1 aromatic carbocycles. The molecular formula is C20H29N3O5S. The number of amides is 1. The van der Waals surface area contributed by atoms with Gasteiger partial charge in [0.05, 0.1) is 5.75 Å². The van der Waals surface area contributed by atoms with Crippen LogP contribution in [0.15, 0.2) is 33.9 Å². The zero-order valence-corrected chi connectivity index (χ0v) is 18.5. The van der Waals surface area contributed by atoms with Crippen LogP contribution in [0, 0.1) is 12.8 Å². The fourth-order valence-electron chi connectivity index (χ4n) is 2.67. The summed E-state index contributed by atoms with van der Waals surface area (Å²) in [5.74, 6) is -0.0166. The summed E-state index contributed by atoms with van der Waals surface area (Å²) in [6, 6.07) is 6.55. The van der Waals surface area contributed by atoms with Gasteiger partial charge in [0.1, 0.15) is 11.6 Å². The fourth-order valence-corrected chi connectivity index (χ4v) is 3.90. The van der Waals surface area contributed by atoms with Gasteiger partial charge in [-0.05, 0) is 51.2 Å². The van der Waals surface area contributed by atoms with Gasteiger partial charge in [0.15, 0.2) is 0 Å². The van der Waals surface area contributed by atoms with E-state index >= 15 is 0 Å². The Morgan fingerprint density at radius 1 is 1.21 bits per heavy atom. The van der Waals surface area contributed by atoms with Gasteiger partial charge in [0, 0.05) is 0 Å². The minimum atomic E-state index is -3.82. The van der Waals surface area contributed by atoms with E-state index in [4.69, 9.17) is 9.15 Å². The Morgan fingerprint density at radius 2 is 1.86 bits per heavy atom. The molecule has 0 fully saturated rings. The molecule has 0 saturated carbocycles. The van der Waals surface area contributed by atoms with Crippen LogP contribution in [0.4, 0.5) is 4.79 Å². The van der Waals surface area contributed by atoms with Crippen LogP contribution >= 0.6 is 0 Å². The molecule has 9 heteroatoms. The minimum absolute atomic E-state index is 0.0351. The molecule has 0 saturated heterocycles. The molecule has 160 valence electrons. The van der Waals surface area contributed by atoms with Gasteiger partial charge in [-0.3, -0.25) is 0 Å². The highest BCUT2D eigenvalue weighted by atomic mass is 32.2. The molecule has 1 aromatic heterocycles. The maximum absolute atomic E-state index is 12.7. The maximum Gasteiger partial charge on any atom is 0.408 e. The Kier molecular flexibility index (Phi) is 7.05. The third kappa shape index (κ3) is 6.85. The number of hydrogen-bond donors (Lipinski definition) is 1. The molecule has 1 N–H and O–H groups in total. The van der Waals surface area contributed by atoms with E-state index < -0.39 is 32.8 Å². The number of aryl methyl sites for hydroxylation is 1. The molecule has 0 aliphatic carbocycles. The number of nitrogens with zero attached hydrogens (tertiary/aromatic N) is 2. The topological polar surface area (TPSA) is 111 Å². The van der Waals surface area contributed by atoms with E-state index in [2.05, 4.69) is 15.5 Å². The molecule has 1 heterocycles. The average Bonchev–Trinajstić information content (AvgIpc) is 3.05. The quantitative estimate of drug-likeness (QED) is 0.717. The molecule has 2 aromatic rings. The van der Waals surface area contributed by atoms with Crippen molar-refractivity contribution in [2.75, 3.05) is 0 Å². The van der Waals surface area contributed by atoms with Crippen molar-refractivity contribution in [2.24, 2.45) is 5.92 Å². The van der Waals surface area contributed by atoms with Gasteiger partial charge in [-0.2, -0.15) is 0 Å². The van der Waals surface area contributed by atoms with Crippen LogP contribution in [0.2, 0.25) is 0 Å². The van der Waals surface area contributed by atoms with Crippen molar-refractivity contribution in [1.82, 2.24) is 15.5 Å². The van der Waals surface area contributed by atoms with Crippen molar-refractivity contribution in [2.45, 2.75) is 70.6 Å². The molecule has 29 heavy (non-hydrogen) atoms. The minimum Gasteiger partial charge on any atom is -0.444 e. The second kappa shape index (κ2) is 8.94. The third-order valence-electron chi connectivity index (χ3n) is 3.99. The molecular weight excluding hydrogens is 394 g/mol. The van der Waals surface area contributed by atoms with Crippen molar-refractivity contribution in [1.29, 1.82) is 0 Å². The first-order chi connectivity index (χ1) is 13.4. The summed E-state index contributed by atoms with van der Waals surface area (Å²) in [5.41, 5.74) is 0.863. The summed E-state index contributed by atoms with van der Waals surface area (Å²) < 4.78 is 36.2. The number of hydrogen-bond acceptors (Lipinski definition) is 7. The van der Waals surface area contributed by atoms with Crippen LogP contribution in [0.25, 0.3) is 0 Å². The zero-order chi connectivity index (χ0) is 21.8. The van der Waals surface area contributed by atoms with E-state index in [9.17, 15) is 13.2 Å². The van der Waals surface area contributed by atoms with Gasteiger partial charge in [0.2, 0.25) is 15.7 Å². The van der Waals surface area contributed by atoms with Gasteiger partial charge in [-0.25, -0.2) is 13.2 Å². The molecule has 2 rings (SSSR count). The second-order valence-electron chi connectivity index (χ2n) is 8.42. The number of carbonyl (C=O) groups excluding carboxylic acids is 1. The van der Waals surface area contributed by atoms with Crippen molar-refractivity contribution >= 4 is 15.9 Å². The van der Waals surface area contributed by atoms with Crippen LogP contribution < -0.4 is 5.32 Å². The Labute approximate surface area is 172 Å². The van der Waals surface area contributed by atoms with Gasteiger partial charge >= 0.3 is 11.3 Å². The number of aromatic nitrogens is 2. The summed E-state index contributed by atoms with van der Waals surface area (Å²) in [7, 11) is -3.82. The van der Waals surface area contributed by atoms with E-state index in [1.165, 1.54) is 0 Å². The van der Waals surface area contributed by atoms with Crippen LogP contribution in [0.5, 0.6) is 0 Å². The molecule has 0 bridgehead atoms. The summed E-state index contributed by atoms with van der Waals surface area (Å²) in [5, 5.41) is 9.84. The number of nitrogens with one attached hydrogen (secondary N) is 1. The maximum atomic E-state index is 12.7. The number of ether oxygens (including phenoxy) is 1. The average molecular weight is 424 g/mol. The number of benzene rings is 1. The SMILES string of the molecule is Cc1ccccc1CS(=O)(=O)c1nnc([C@@H](CC(C)C)NC(=O)OC(C)(C)C)o1. The Morgan fingerprint density at radius 3 is 2.45 bits per heavy atom. The molecule has 0 spiro atoms. The lowest BCUT2D eigenvalue weighted by atomic mass is 10.0. The lowest BCUT2D eigenvalue weighted by Crippen LogP contribution is -2.35.